The molecule has 0 radical (unpaired) electrons. The molecule has 0 aromatic rings. The topological polar surface area (TPSA) is 70.6 Å². The summed E-state index contributed by atoms with van der Waals surface area (Å²) in [6.07, 6.45) is 0.0585. The molecule has 0 aliphatic carbocycles. The highest BCUT2D eigenvalue weighted by molar-refractivity contribution is 5.75. The Labute approximate surface area is 91.2 Å². The van der Waals surface area contributed by atoms with E-state index in [-0.39, 0.29) is 12.0 Å². The monoisotopic (exact) mass is 218 g/mol. The van der Waals surface area contributed by atoms with Crippen LogP contribution in [-0.2, 0) is 9.53 Å². The van der Waals surface area contributed by atoms with Crippen molar-refractivity contribution in [1.29, 1.82) is 0 Å². The summed E-state index contributed by atoms with van der Waals surface area (Å²) in [5.74, 6) is 0.00213. The molecule has 0 aromatic carbocycles. The van der Waals surface area contributed by atoms with E-state index in [1.54, 1.807) is 6.92 Å². The van der Waals surface area contributed by atoms with Gasteiger partial charge in [0.05, 0.1) is 12.7 Å². The predicted molar refractivity (Wildman–Crippen MR) is 58.7 cm³/mol. The standard InChI is InChI=1S/C10H22N2O3/c1-3-15-7-4-10(14)12-6-5-11-8-9(2)13/h9,11,13H,3-8H2,1-2H3,(H,12,14). The summed E-state index contributed by atoms with van der Waals surface area (Å²) in [5, 5.41) is 14.7. The SMILES string of the molecule is CCOCCC(=O)NCCNCC(C)O. The van der Waals surface area contributed by atoms with Crippen molar-refractivity contribution in [1.82, 2.24) is 10.6 Å². The molecule has 15 heavy (non-hydrogen) atoms. The number of rotatable bonds is 9. The molecule has 0 bridgehead atoms. The summed E-state index contributed by atoms with van der Waals surface area (Å²) < 4.78 is 5.05. The zero-order valence-electron chi connectivity index (χ0n) is 9.58. The minimum atomic E-state index is -0.348. The van der Waals surface area contributed by atoms with Crippen LogP contribution in [0.25, 0.3) is 0 Å². The number of carbonyl (C=O) groups is 1. The quantitative estimate of drug-likeness (QED) is 0.456. The maximum Gasteiger partial charge on any atom is 0.222 e. The third-order valence-corrected chi connectivity index (χ3v) is 1.74. The molecule has 90 valence electrons. The molecule has 0 aromatic heterocycles. The lowest BCUT2D eigenvalue weighted by molar-refractivity contribution is -0.122. The average molecular weight is 218 g/mol. The van der Waals surface area contributed by atoms with Gasteiger partial charge in [0.2, 0.25) is 5.91 Å². The maximum atomic E-state index is 11.1. The van der Waals surface area contributed by atoms with Gasteiger partial charge < -0.3 is 20.5 Å². The van der Waals surface area contributed by atoms with Crippen LogP contribution in [0.1, 0.15) is 20.3 Å². The molecular formula is C10H22N2O3. The molecule has 1 amide bonds. The first-order valence-electron chi connectivity index (χ1n) is 5.40. The van der Waals surface area contributed by atoms with Gasteiger partial charge >= 0.3 is 0 Å². The minimum Gasteiger partial charge on any atom is -0.392 e. The fourth-order valence-corrected chi connectivity index (χ4v) is 0.999. The van der Waals surface area contributed by atoms with Crippen LogP contribution < -0.4 is 10.6 Å². The van der Waals surface area contributed by atoms with Gasteiger partial charge in [-0.25, -0.2) is 0 Å². The highest BCUT2D eigenvalue weighted by atomic mass is 16.5. The van der Waals surface area contributed by atoms with Crippen molar-refractivity contribution in [2.75, 3.05) is 32.8 Å². The third kappa shape index (κ3) is 11.3. The van der Waals surface area contributed by atoms with Crippen LogP contribution in [0.15, 0.2) is 0 Å². The first-order chi connectivity index (χ1) is 7.16. The van der Waals surface area contributed by atoms with E-state index in [0.29, 0.717) is 39.3 Å². The highest BCUT2D eigenvalue weighted by Crippen LogP contribution is 1.82. The van der Waals surface area contributed by atoms with Gasteiger partial charge in [0.15, 0.2) is 0 Å². The Morgan fingerprint density at radius 1 is 1.47 bits per heavy atom. The number of nitrogens with one attached hydrogen (secondary N) is 2. The summed E-state index contributed by atoms with van der Waals surface area (Å²) in [6, 6.07) is 0. The number of hydrogen-bond donors (Lipinski definition) is 3. The molecule has 0 heterocycles. The van der Waals surface area contributed by atoms with Crippen LogP contribution in [-0.4, -0.2) is 50.0 Å². The molecule has 0 fully saturated rings. The lowest BCUT2D eigenvalue weighted by Gasteiger charge is -2.08. The third-order valence-electron chi connectivity index (χ3n) is 1.74. The van der Waals surface area contributed by atoms with E-state index in [1.165, 1.54) is 0 Å². The average Bonchev–Trinajstić information content (AvgIpc) is 2.17. The number of ether oxygens (including phenoxy) is 1. The lowest BCUT2D eigenvalue weighted by Crippen LogP contribution is -2.34. The largest absolute Gasteiger partial charge is 0.392 e. The van der Waals surface area contributed by atoms with E-state index < -0.39 is 0 Å². The fraction of sp³-hybridized carbons (Fsp3) is 0.900. The zero-order chi connectivity index (χ0) is 11.5. The minimum absolute atomic E-state index is 0.00213. The highest BCUT2D eigenvalue weighted by Gasteiger charge is 1.99. The second-order valence-electron chi connectivity index (χ2n) is 3.35. The molecule has 5 heteroatoms. The van der Waals surface area contributed by atoms with Gasteiger partial charge in [-0.05, 0) is 13.8 Å². The Kier molecular flexibility index (Phi) is 9.46. The van der Waals surface area contributed by atoms with Crippen LogP contribution in [0.2, 0.25) is 0 Å². The molecule has 0 aliphatic rings. The number of amides is 1. The molecule has 5 nitrogen and oxygen atoms in total. The summed E-state index contributed by atoms with van der Waals surface area (Å²) in [6.45, 7) is 6.54. The fourth-order valence-electron chi connectivity index (χ4n) is 0.999. The second-order valence-corrected chi connectivity index (χ2v) is 3.35. The zero-order valence-corrected chi connectivity index (χ0v) is 9.58. The number of aliphatic hydroxyl groups is 1. The molecule has 0 saturated heterocycles. The molecule has 3 N–H and O–H groups in total. The van der Waals surface area contributed by atoms with Crippen molar-refractivity contribution in [3.63, 3.8) is 0 Å². The Hall–Kier alpha value is -0.650. The summed E-state index contributed by atoms with van der Waals surface area (Å²) >= 11 is 0. The van der Waals surface area contributed by atoms with Crippen LogP contribution in [0.4, 0.5) is 0 Å². The van der Waals surface area contributed by atoms with Crippen molar-refractivity contribution in [3.8, 4) is 0 Å². The van der Waals surface area contributed by atoms with E-state index in [4.69, 9.17) is 9.84 Å². The number of aliphatic hydroxyl groups excluding tert-OH is 1. The van der Waals surface area contributed by atoms with Crippen molar-refractivity contribution in [2.24, 2.45) is 0 Å². The Morgan fingerprint density at radius 3 is 2.80 bits per heavy atom. The van der Waals surface area contributed by atoms with E-state index >= 15 is 0 Å². The molecular weight excluding hydrogens is 196 g/mol. The van der Waals surface area contributed by atoms with Crippen LogP contribution in [0.3, 0.4) is 0 Å². The smallest absolute Gasteiger partial charge is 0.222 e. The maximum absolute atomic E-state index is 11.1. The van der Waals surface area contributed by atoms with Crippen molar-refractivity contribution < 1.29 is 14.6 Å². The summed E-state index contributed by atoms with van der Waals surface area (Å²) in [4.78, 5) is 11.1. The molecule has 0 saturated carbocycles. The molecule has 0 spiro atoms. The van der Waals surface area contributed by atoms with Crippen LogP contribution in [0.5, 0.6) is 0 Å². The molecule has 0 rings (SSSR count). The predicted octanol–water partition coefficient (Wildman–Crippen LogP) is -0.500. The first-order valence-corrected chi connectivity index (χ1v) is 5.40. The Morgan fingerprint density at radius 2 is 2.20 bits per heavy atom. The van der Waals surface area contributed by atoms with Gasteiger partial charge in [-0.1, -0.05) is 0 Å². The van der Waals surface area contributed by atoms with E-state index in [1.807, 2.05) is 6.92 Å². The molecule has 0 aliphatic heterocycles. The van der Waals surface area contributed by atoms with Crippen molar-refractivity contribution in [3.05, 3.63) is 0 Å². The van der Waals surface area contributed by atoms with Gasteiger partial charge in [0, 0.05) is 32.7 Å². The van der Waals surface area contributed by atoms with Crippen LogP contribution in [0, 0.1) is 0 Å². The summed E-state index contributed by atoms with van der Waals surface area (Å²) in [7, 11) is 0. The Balaban J connectivity index is 3.17. The molecule has 1 atom stereocenters. The van der Waals surface area contributed by atoms with E-state index in [2.05, 4.69) is 10.6 Å². The number of carbonyl (C=O) groups excluding carboxylic acids is 1. The van der Waals surface area contributed by atoms with E-state index in [0.717, 1.165) is 0 Å². The Bertz CT molecular complexity index is 163. The lowest BCUT2D eigenvalue weighted by atomic mass is 10.4. The van der Waals surface area contributed by atoms with E-state index in [9.17, 15) is 4.79 Å². The normalized spacial score (nSPS) is 12.5. The molecule has 1 unspecified atom stereocenters. The van der Waals surface area contributed by atoms with Crippen molar-refractivity contribution in [2.45, 2.75) is 26.4 Å². The van der Waals surface area contributed by atoms with Gasteiger partial charge in [0.25, 0.3) is 0 Å². The van der Waals surface area contributed by atoms with Gasteiger partial charge in [-0.2, -0.15) is 0 Å². The van der Waals surface area contributed by atoms with Gasteiger partial charge in [0.1, 0.15) is 0 Å². The van der Waals surface area contributed by atoms with Gasteiger partial charge in [-0.15, -0.1) is 0 Å². The van der Waals surface area contributed by atoms with Gasteiger partial charge in [-0.3, -0.25) is 4.79 Å². The van der Waals surface area contributed by atoms with Crippen LogP contribution >= 0.6 is 0 Å². The van der Waals surface area contributed by atoms with Crippen molar-refractivity contribution >= 4 is 5.91 Å². The summed E-state index contributed by atoms with van der Waals surface area (Å²) in [5.41, 5.74) is 0. The first kappa shape index (κ1) is 14.3. The second kappa shape index (κ2) is 9.89. The number of hydrogen-bond acceptors (Lipinski definition) is 4.